The maximum Gasteiger partial charge on any atom is 0.309 e. The third-order valence-electron chi connectivity index (χ3n) is 11.0. The number of aliphatic hydroxyl groups excluding tert-OH is 3. The fraction of sp³-hybridized carbons (Fsp3) is 0.833. The van der Waals surface area contributed by atoms with Crippen molar-refractivity contribution in [3.05, 3.63) is 24.3 Å². The Labute approximate surface area is 344 Å². The van der Waals surface area contributed by atoms with Crippen LogP contribution in [0.15, 0.2) is 24.3 Å². The Morgan fingerprint density at radius 1 is 1.00 bits per heavy atom. The van der Waals surface area contributed by atoms with Gasteiger partial charge in [-0.2, -0.15) is 0 Å². The molecule has 0 aromatic rings. The minimum atomic E-state index is -1.49. The Morgan fingerprint density at radius 2 is 1.69 bits per heavy atom. The average Bonchev–Trinajstić information content (AvgIpc) is 3.09. The highest BCUT2D eigenvalue weighted by molar-refractivity contribution is 5.72. The summed E-state index contributed by atoms with van der Waals surface area (Å²) in [5, 5.41) is 45.0. The first-order valence-corrected chi connectivity index (χ1v) is 20.6. The number of likely N-dealkylation sites (N-methyl/N-ethyl adjacent to an activating group) is 1. The number of carbonyl (C=O) groups is 3. The van der Waals surface area contributed by atoms with Crippen LogP contribution < -0.4 is 0 Å². The number of allylic oxidation sites excluding steroid dienone is 2. The van der Waals surface area contributed by atoms with Gasteiger partial charge in [0, 0.05) is 39.9 Å². The number of ether oxygens (including phenoxy) is 8. The number of esters is 3. The lowest BCUT2D eigenvalue weighted by atomic mass is 9.82. The summed E-state index contributed by atoms with van der Waals surface area (Å²) in [7, 11) is 4.91. The van der Waals surface area contributed by atoms with Crippen LogP contribution in [0.3, 0.4) is 0 Å². The number of nitrogens with zero attached hydrogens (tertiary/aromatic N) is 1. The highest BCUT2D eigenvalue weighted by Gasteiger charge is 2.53. The minimum Gasteiger partial charge on any atom is -0.462 e. The third-order valence-corrected chi connectivity index (χ3v) is 11.0. The minimum absolute atomic E-state index is 0.0367. The van der Waals surface area contributed by atoms with Gasteiger partial charge in [-0.15, -0.1) is 0 Å². The first-order chi connectivity index (χ1) is 27.2. The van der Waals surface area contributed by atoms with Crippen molar-refractivity contribution in [2.24, 2.45) is 17.8 Å². The van der Waals surface area contributed by atoms with E-state index in [2.05, 4.69) is 0 Å². The van der Waals surface area contributed by atoms with Crippen molar-refractivity contribution in [3.63, 3.8) is 0 Å². The van der Waals surface area contributed by atoms with Gasteiger partial charge in [0.15, 0.2) is 18.7 Å². The van der Waals surface area contributed by atoms with E-state index in [4.69, 9.17) is 37.9 Å². The van der Waals surface area contributed by atoms with Crippen molar-refractivity contribution in [2.45, 2.75) is 179 Å². The summed E-state index contributed by atoms with van der Waals surface area (Å²) in [6.45, 7) is 13.3. The molecular weight excluding hydrogens is 758 g/mol. The zero-order valence-electron chi connectivity index (χ0n) is 36.2. The maximum absolute atomic E-state index is 13.3. The summed E-state index contributed by atoms with van der Waals surface area (Å²) in [6.07, 6.45) is -4.06. The van der Waals surface area contributed by atoms with E-state index >= 15 is 0 Å². The van der Waals surface area contributed by atoms with E-state index in [1.54, 1.807) is 64.9 Å². The summed E-state index contributed by atoms with van der Waals surface area (Å²) >= 11 is 0. The topological polar surface area (TPSA) is 209 Å². The van der Waals surface area contributed by atoms with Crippen LogP contribution in [-0.4, -0.2) is 156 Å². The quantitative estimate of drug-likeness (QED) is 0.165. The summed E-state index contributed by atoms with van der Waals surface area (Å²) in [5.74, 6) is -2.60. The number of hydrogen-bond acceptors (Lipinski definition) is 16. The van der Waals surface area contributed by atoms with Crippen molar-refractivity contribution in [3.8, 4) is 0 Å². The molecule has 3 rings (SSSR count). The molecule has 3 unspecified atom stereocenters. The third kappa shape index (κ3) is 14.3. The number of hydrogen-bond donors (Lipinski definition) is 4. The molecule has 0 radical (unpaired) electrons. The van der Waals surface area contributed by atoms with E-state index in [1.165, 1.54) is 14.0 Å². The van der Waals surface area contributed by atoms with E-state index < -0.39 is 109 Å². The number of carbonyl (C=O) groups excluding carboxylic acids is 3. The molecule has 0 aromatic heterocycles. The smallest absolute Gasteiger partial charge is 0.309 e. The number of aliphatic hydroxyl groups is 4. The fourth-order valence-electron chi connectivity index (χ4n) is 8.17. The van der Waals surface area contributed by atoms with Gasteiger partial charge in [0.2, 0.25) is 0 Å². The van der Waals surface area contributed by atoms with Gasteiger partial charge in [0.05, 0.1) is 36.9 Å². The van der Waals surface area contributed by atoms with Crippen LogP contribution in [0.1, 0.15) is 93.9 Å². The Balaban J connectivity index is 1.97. The average molecular weight is 830 g/mol. The van der Waals surface area contributed by atoms with Crippen LogP contribution in [-0.2, 0) is 52.3 Å². The normalized spacial score (nSPS) is 39.7. The summed E-state index contributed by atoms with van der Waals surface area (Å²) < 4.78 is 48.7. The van der Waals surface area contributed by atoms with Gasteiger partial charge >= 0.3 is 17.9 Å². The second-order valence-corrected chi connectivity index (χ2v) is 17.1. The van der Waals surface area contributed by atoms with E-state index in [9.17, 15) is 34.8 Å². The molecule has 0 aromatic carbocycles. The summed E-state index contributed by atoms with van der Waals surface area (Å²) in [6, 6.07) is -0.762. The molecule has 0 spiro atoms. The highest BCUT2D eigenvalue weighted by atomic mass is 16.7. The summed E-state index contributed by atoms with van der Waals surface area (Å²) in [5.41, 5.74) is -1.49. The van der Waals surface area contributed by atoms with E-state index in [1.807, 2.05) is 26.8 Å². The molecule has 2 saturated heterocycles. The molecule has 3 heterocycles. The molecule has 0 aliphatic carbocycles. The van der Waals surface area contributed by atoms with Gasteiger partial charge in [0.1, 0.15) is 36.1 Å². The predicted molar refractivity (Wildman–Crippen MR) is 211 cm³/mol. The van der Waals surface area contributed by atoms with Crippen LogP contribution in [0.4, 0.5) is 0 Å². The Hall–Kier alpha value is -2.51. The maximum atomic E-state index is 13.3. The van der Waals surface area contributed by atoms with Gasteiger partial charge in [-0.3, -0.25) is 14.4 Å². The predicted octanol–water partition coefficient (Wildman–Crippen LogP) is 2.81. The lowest BCUT2D eigenvalue weighted by Crippen LogP contribution is -2.66. The zero-order valence-corrected chi connectivity index (χ0v) is 36.2. The molecule has 0 saturated carbocycles. The standard InChI is InChI=1S/C42H71NO15/c1-23(2)19-32(47)56-40-27(6)53-34(22-42(40,8)50)57-37-26(5)54-41(36(49)35(37)43(9)10)58-38-29(17-18-44)20-24(3)30(46)16-14-12-13-15-25(4)52-33(48)21-31(39(38)51-11)55-28(7)45/h12-14,16,23-27,29-31,34-41,44,46,49-50H,15,17-22H2,1-11H3/t24-,25-,26?,27?,29+,30+,31-,34+,35+,36?,37-,38+,39+,40+,41+,42+/m1/s1. The van der Waals surface area contributed by atoms with E-state index in [-0.39, 0.29) is 44.1 Å². The van der Waals surface area contributed by atoms with Crippen molar-refractivity contribution < 1.29 is 72.7 Å². The van der Waals surface area contributed by atoms with Crippen LogP contribution >= 0.6 is 0 Å². The molecule has 16 nitrogen and oxygen atoms in total. The van der Waals surface area contributed by atoms with Gasteiger partial charge in [-0.25, -0.2) is 0 Å². The van der Waals surface area contributed by atoms with E-state index in [0.717, 1.165) is 0 Å². The molecule has 0 amide bonds. The molecule has 4 N–H and O–H groups in total. The van der Waals surface area contributed by atoms with Crippen molar-refractivity contribution in [1.82, 2.24) is 4.90 Å². The molecule has 2 fully saturated rings. The van der Waals surface area contributed by atoms with Crippen molar-refractivity contribution >= 4 is 17.9 Å². The first kappa shape index (κ1) is 49.8. The second-order valence-electron chi connectivity index (χ2n) is 17.1. The lowest BCUT2D eigenvalue weighted by molar-refractivity contribution is -0.344. The molecule has 58 heavy (non-hydrogen) atoms. The van der Waals surface area contributed by atoms with Crippen LogP contribution in [0.2, 0.25) is 0 Å². The highest BCUT2D eigenvalue weighted by Crippen LogP contribution is 2.38. The van der Waals surface area contributed by atoms with Crippen molar-refractivity contribution in [2.75, 3.05) is 27.8 Å². The lowest BCUT2D eigenvalue weighted by Gasteiger charge is -2.50. The molecule has 3 aliphatic heterocycles. The van der Waals surface area contributed by atoms with Crippen LogP contribution in [0.5, 0.6) is 0 Å². The fourth-order valence-corrected chi connectivity index (χ4v) is 8.17. The molecular formula is C42H71NO15. The first-order valence-electron chi connectivity index (χ1n) is 20.6. The Bertz CT molecular complexity index is 1360. The second kappa shape index (κ2) is 22.9. The largest absolute Gasteiger partial charge is 0.462 e. The number of cyclic esters (lactones) is 1. The van der Waals surface area contributed by atoms with Gasteiger partial charge in [-0.1, -0.05) is 45.1 Å². The van der Waals surface area contributed by atoms with Crippen molar-refractivity contribution in [1.29, 1.82) is 0 Å². The van der Waals surface area contributed by atoms with Crippen LogP contribution in [0.25, 0.3) is 0 Å². The molecule has 0 bridgehead atoms. The van der Waals surface area contributed by atoms with Gasteiger partial charge in [0.25, 0.3) is 0 Å². The number of rotatable bonds is 12. The van der Waals surface area contributed by atoms with E-state index in [0.29, 0.717) is 12.8 Å². The van der Waals surface area contributed by atoms with Gasteiger partial charge < -0.3 is 63.2 Å². The number of methoxy groups -OCH3 is 1. The molecule has 16 heteroatoms. The van der Waals surface area contributed by atoms with Gasteiger partial charge in [-0.05, 0) is 72.4 Å². The zero-order chi connectivity index (χ0) is 43.5. The molecule has 16 atom stereocenters. The molecule has 334 valence electrons. The SMILES string of the molecule is CO[C@@H]1[C@@H](O[C@@H]2OC(C)[C@@H](O[C@H]3C[C@](C)(O)[C@@H](OC(=O)CC(C)C)C(C)O3)[C@@H](N(C)C)C2O)[C@@H](CCO)C[C@@H](C)[C@@H](O)C=CC=CC[C@@H](C)OC(=O)C[C@H]1OC(C)=O. The Morgan fingerprint density at radius 3 is 2.28 bits per heavy atom. The van der Waals surface area contributed by atoms with Crippen LogP contribution in [0, 0.1) is 17.8 Å². The summed E-state index contributed by atoms with van der Waals surface area (Å²) in [4.78, 5) is 40.0. The monoisotopic (exact) mass is 829 g/mol. The molecule has 3 aliphatic rings. The Kier molecular flexibility index (Phi) is 19.7.